The molecule has 9 heteroatoms. The smallest absolute Gasteiger partial charge is 0.270 e. The highest BCUT2D eigenvalue weighted by atomic mass is 16.2. The molecule has 1 radical (unpaired) electrons. The molecule has 2 aliphatic rings. The van der Waals surface area contributed by atoms with E-state index in [1.54, 1.807) is 24.3 Å². The topological polar surface area (TPSA) is 130 Å². The predicted octanol–water partition coefficient (Wildman–Crippen LogP) is 2.36. The summed E-state index contributed by atoms with van der Waals surface area (Å²) in [6.45, 7) is 5.33. The van der Waals surface area contributed by atoms with Gasteiger partial charge < -0.3 is 21.7 Å². The van der Waals surface area contributed by atoms with Gasteiger partial charge in [0, 0.05) is 41.8 Å². The van der Waals surface area contributed by atoms with Crippen molar-refractivity contribution in [1.29, 1.82) is 0 Å². The van der Waals surface area contributed by atoms with Crippen LogP contribution in [0.1, 0.15) is 52.1 Å². The predicted molar refractivity (Wildman–Crippen MR) is 139 cm³/mol. The minimum Gasteiger partial charge on any atom is -0.348 e. The van der Waals surface area contributed by atoms with Crippen LogP contribution in [-0.4, -0.2) is 47.6 Å². The van der Waals surface area contributed by atoms with Crippen LogP contribution in [0, 0.1) is 12.8 Å². The number of nitrogens with zero attached hydrogens (tertiary/aromatic N) is 1. The molecule has 5 rings (SSSR count). The second-order valence-electron chi connectivity index (χ2n) is 9.67. The SMILES string of the molecule is [CH2]c1cc(NC(=O)C2CNC2)ccc1C(=O)Nn1c(C(=O)N[C@H]2CC[C@H](N)CC2)cc2ccccc21. The molecule has 3 amide bonds. The average Bonchev–Trinajstić information content (AvgIpc) is 3.18. The molecule has 0 spiro atoms. The van der Waals surface area contributed by atoms with Crippen LogP contribution in [-0.2, 0) is 4.79 Å². The zero-order valence-electron chi connectivity index (χ0n) is 20.0. The van der Waals surface area contributed by atoms with Gasteiger partial charge in [0.05, 0.1) is 11.4 Å². The molecule has 0 unspecified atom stereocenters. The fourth-order valence-electron chi connectivity index (χ4n) is 4.74. The number of benzene rings is 2. The van der Waals surface area contributed by atoms with Gasteiger partial charge in [-0.05, 0) is 68.5 Å². The second-order valence-corrected chi connectivity index (χ2v) is 9.67. The molecule has 0 bridgehead atoms. The summed E-state index contributed by atoms with van der Waals surface area (Å²) in [4.78, 5) is 38.7. The van der Waals surface area contributed by atoms with Crippen molar-refractivity contribution in [3.8, 4) is 0 Å². The van der Waals surface area contributed by atoms with Gasteiger partial charge in [0.25, 0.3) is 11.8 Å². The van der Waals surface area contributed by atoms with Gasteiger partial charge in [-0.25, -0.2) is 4.68 Å². The Labute approximate surface area is 209 Å². The number of carbonyl (C=O) groups excluding carboxylic acids is 3. The van der Waals surface area contributed by atoms with Crippen molar-refractivity contribution < 1.29 is 14.4 Å². The van der Waals surface area contributed by atoms with E-state index in [-0.39, 0.29) is 29.8 Å². The maximum atomic E-state index is 13.3. The third kappa shape index (κ3) is 4.98. The molecule has 6 N–H and O–H groups in total. The summed E-state index contributed by atoms with van der Waals surface area (Å²) in [5.41, 5.74) is 11.3. The summed E-state index contributed by atoms with van der Waals surface area (Å²) >= 11 is 0. The maximum absolute atomic E-state index is 13.3. The van der Waals surface area contributed by atoms with Crippen LogP contribution in [0.4, 0.5) is 5.69 Å². The summed E-state index contributed by atoms with van der Waals surface area (Å²) in [6, 6.07) is 14.5. The molecule has 3 aromatic rings. The molecular formula is C27H31N6O3. The Morgan fingerprint density at radius 1 is 0.972 bits per heavy atom. The number of nitrogens with one attached hydrogen (secondary N) is 4. The van der Waals surface area contributed by atoms with Crippen LogP contribution in [0.5, 0.6) is 0 Å². The van der Waals surface area contributed by atoms with Crippen molar-refractivity contribution in [1.82, 2.24) is 15.3 Å². The highest BCUT2D eigenvalue weighted by molar-refractivity contribution is 6.05. The first-order valence-corrected chi connectivity index (χ1v) is 12.3. The number of para-hydroxylation sites is 1. The highest BCUT2D eigenvalue weighted by Crippen LogP contribution is 2.22. The lowest BCUT2D eigenvalue weighted by atomic mass is 9.92. The van der Waals surface area contributed by atoms with Gasteiger partial charge >= 0.3 is 0 Å². The Hall–Kier alpha value is -3.69. The standard InChI is InChI=1S/C27H31N6O3/c1-16-12-21(31-25(34)18-14-29-15-18)10-11-22(16)26(35)32-33-23-5-3-2-4-17(23)13-24(33)27(36)30-20-8-6-19(28)7-9-20/h2-5,10-13,18-20,29H,1,6-9,14-15,28H2,(H,30,36)(H,31,34)(H,32,35)/t19-,20-. The van der Waals surface area contributed by atoms with Crippen LogP contribution in [0.2, 0.25) is 0 Å². The Balaban J connectivity index is 1.35. The molecular weight excluding hydrogens is 456 g/mol. The third-order valence-corrected chi connectivity index (χ3v) is 7.03. The van der Waals surface area contributed by atoms with E-state index in [0.717, 1.165) is 31.1 Å². The van der Waals surface area contributed by atoms with Crippen molar-refractivity contribution >= 4 is 34.3 Å². The molecule has 36 heavy (non-hydrogen) atoms. The first-order chi connectivity index (χ1) is 17.4. The first-order valence-electron chi connectivity index (χ1n) is 12.3. The molecule has 2 fully saturated rings. The maximum Gasteiger partial charge on any atom is 0.270 e. The lowest BCUT2D eigenvalue weighted by molar-refractivity contribution is -0.121. The summed E-state index contributed by atoms with van der Waals surface area (Å²) in [5.74, 6) is -0.747. The van der Waals surface area contributed by atoms with E-state index in [4.69, 9.17) is 5.73 Å². The minimum atomic E-state index is -0.403. The molecule has 0 atom stereocenters. The molecule has 1 aliphatic heterocycles. The molecule has 2 aromatic carbocycles. The van der Waals surface area contributed by atoms with Crippen molar-refractivity contribution in [3.63, 3.8) is 0 Å². The Morgan fingerprint density at radius 2 is 1.72 bits per heavy atom. The van der Waals surface area contributed by atoms with Gasteiger partial charge in [0.2, 0.25) is 5.91 Å². The summed E-state index contributed by atoms with van der Waals surface area (Å²) < 4.78 is 1.53. The first kappa shape index (κ1) is 24.0. The number of aromatic nitrogens is 1. The zero-order chi connectivity index (χ0) is 25.2. The number of rotatable bonds is 6. The minimum absolute atomic E-state index is 0.0434. The van der Waals surface area contributed by atoms with Crippen molar-refractivity contribution in [2.24, 2.45) is 11.7 Å². The fraction of sp³-hybridized carbons (Fsp3) is 0.333. The summed E-state index contributed by atoms with van der Waals surface area (Å²) in [6.07, 6.45) is 3.44. The number of carbonyl (C=O) groups is 3. The number of anilines is 1. The van der Waals surface area contributed by atoms with E-state index in [1.807, 2.05) is 24.3 Å². The van der Waals surface area contributed by atoms with E-state index < -0.39 is 5.91 Å². The van der Waals surface area contributed by atoms with Gasteiger partial charge in [0.15, 0.2) is 0 Å². The van der Waals surface area contributed by atoms with Crippen LogP contribution >= 0.6 is 0 Å². The summed E-state index contributed by atoms with van der Waals surface area (Å²) in [7, 11) is 0. The fourth-order valence-corrected chi connectivity index (χ4v) is 4.74. The highest BCUT2D eigenvalue weighted by Gasteiger charge is 2.26. The van der Waals surface area contributed by atoms with Crippen molar-refractivity contribution in [3.05, 3.63) is 72.3 Å². The normalized spacial score (nSPS) is 19.9. The lowest BCUT2D eigenvalue weighted by Crippen LogP contribution is -2.48. The Morgan fingerprint density at radius 3 is 2.42 bits per heavy atom. The van der Waals surface area contributed by atoms with E-state index >= 15 is 0 Å². The Bertz CT molecular complexity index is 1300. The van der Waals surface area contributed by atoms with E-state index in [9.17, 15) is 14.4 Å². The molecule has 1 aromatic heterocycles. The number of fused-ring (bicyclic) bond motifs is 1. The van der Waals surface area contributed by atoms with E-state index in [2.05, 4.69) is 28.3 Å². The van der Waals surface area contributed by atoms with Crippen LogP contribution in [0.25, 0.3) is 10.9 Å². The Kier molecular flexibility index (Phi) is 6.75. The van der Waals surface area contributed by atoms with Crippen LogP contribution in [0.3, 0.4) is 0 Å². The molecule has 1 saturated heterocycles. The molecule has 9 nitrogen and oxygen atoms in total. The van der Waals surface area contributed by atoms with Gasteiger partial charge in [0.1, 0.15) is 5.69 Å². The zero-order valence-corrected chi connectivity index (χ0v) is 20.0. The molecule has 1 aliphatic carbocycles. The number of hydrogen-bond donors (Lipinski definition) is 5. The van der Waals surface area contributed by atoms with Gasteiger partial charge in [-0.15, -0.1) is 0 Å². The van der Waals surface area contributed by atoms with Crippen molar-refractivity contribution in [2.75, 3.05) is 23.8 Å². The van der Waals surface area contributed by atoms with E-state index in [0.29, 0.717) is 41.1 Å². The van der Waals surface area contributed by atoms with E-state index in [1.165, 1.54) is 4.68 Å². The molecule has 187 valence electrons. The third-order valence-electron chi connectivity index (χ3n) is 7.03. The average molecular weight is 488 g/mol. The molecule has 2 heterocycles. The number of nitrogens with two attached hydrogens (primary N) is 1. The van der Waals surface area contributed by atoms with Gasteiger partial charge in [-0.2, -0.15) is 0 Å². The monoisotopic (exact) mass is 487 g/mol. The lowest BCUT2D eigenvalue weighted by Gasteiger charge is -2.27. The second kappa shape index (κ2) is 10.1. The van der Waals surface area contributed by atoms with Gasteiger partial charge in [-0.3, -0.25) is 19.8 Å². The summed E-state index contributed by atoms with van der Waals surface area (Å²) in [5, 5.41) is 9.88. The largest absolute Gasteiger partial charge is 0.348 e. The number of hydrogen-bond acceptors (Lipinski definition) is 5. The number of amides is 3. The van der Waals surface area contributed by atoms with Gasteiger partial charge in [-0.1, -0.05) is 18.2 Å². The molecule has 1 saturated carbocycles. The van der Waals surface area contributed by atoms with Crippen LogP contribution in [0.15, 0.2) is 48.5 Å². The van der Waals surface area contributed by atoms with Crippen molar-refractivity contribution in [2.45, 2.75) is 37.8 Å². The quantitative estimate of drug-likeness (QED) is 0.364. The van der Waals surface area contributed by atoms with Crippen LogP contribution < -0.4 is 27.1 Å².